The van der Waals surface area contributed by atoms with Crippen molar-refractivity contribution in [2.45, 2.75) is 0 Å². The molecule has 0 atom stereocenters. The van der Waals surface area contributed by atoms with Crippen molar-refractivity contribution in [3.63, 3.8) is 0 Å². The van der Waals surface area contributed by atoms with Crippen LogP contribution in [0.4, 0.5) is 10.1 Å². The Balaban J connectivity index is 1.38. The summed E-state index contributed by atoms with van der Waals surface area (Å²) in [5.41, 5.74) is 2.50. The summed E-state index contributed by atoms with van der Waals surface area (Å²) in [7, 11) is -3.54. The van der Waals surface area contributed by atoms with Gasteiger partial charge >= 0.3 is 0 Å². The standard InChI is InChI=1S/C23H20FN3O2S/c24-21-8-10-22(11-9-21)26-12-14-27(15-13-26)30(28,29)16-4-3-5-19-17-20-6-1-2-7-23(20)25-18-19/h1-2,4,6-11,16-18H,12-15H2. The average molecular weight is 421 g/mol. The van der Waals surface area contributed by atoms with Gasteiger partial charge in [0.25, 0.3) is 0 Å². The predicted molar refractivity (Wildman–Crippen MR) is 117 cm³/mol. The molecule has 1 aliphatic heterocycles. The van der Waals surface area contributed by atoms with E-state index < -0.39 is 10.0 Å². The predicted octanol–water partition coefficient (Wildman–Crippen LogP) is 3.39. The third-order valence-corrected chi connectivity index (χ3v) is 6.49. The maximum absolute atomic E-state index is 13.1. The molecule has 7 heteroatoms. The monoisotopic (exact) mass is 421 g/mol. The summed E-state index contributed by atoms with van der Waals surface area (Å²) in [5, 5.41) is 2.13. The number of aromatic nitrogens is 1. The number of allylic oxidation sites excluding steroid dienone is 1. The molecule has 1 aromatic heterocycles. The van der Waals surface area contributed by atoms with Gasteiger partial charge in [0.1, 0.15) is 5.82 Å². The molecule has 0 radical (unpaired) electrons. The molecule has 0 amide bonds. The van der Waals surface area contributed by atoms with E-state index in [0.717, 1.165) is 27.6 Å². The van der Waals surface area contributed by atoms with Crippen LogP contribution in [0.25, 0.3) is 10.9 Å². The largest absolute Gasteiger partial charge is 0.369 e. The summed E-state index contributed by atoms with van der Waals surface area (Å²) in [6.45, 7) is 1.83. The van der Waals surface area contributed by atoms with Crippen LogP contribution in [0.5, 0.6) is 0 Å². The quantitative estimate of drug-likeness (QED) is 0.609. The molecule has 0 aliphatic carbocycles. The maximum Gasteiger partial charge on any atom is 0.236 e. The van der Waals surface area contributed by atoms with Crippen molar-refractivity contribution >= 4 is 26.6 Å². The zero-order chi connectivity index (χ0) is 21.0. The lowest BCUT2D eigenvalue weighted by atomic mass is 10.2. The molecule has 1 saturated heterocycles. The SMILES string of the molecule is O=S(=O)(C=CC#Cc1cnc2ccccc2c1)N1CCN(c2ccc(F)cc2)CC1. The van der Waals surface area contributed by atoms with Crippen molar-refractivity contribution in [3.8, 4) is 11.8 Å². The number of anilines is 1. The highest BCUT2D eigenvalue weighted by molar-refractivity contribution is 7.92. The van der Waals surface area contributed by atoms with Crippen LogP contribution in [0.3, 0.4) is 0 Å². The first-order valence-electron chi connectivity index (χ1n) is 9.55. The fraction of sp³-hybridized carbons (Fsp3) is 0.174. The van der Waals surface area contributed by atoms with Crippen molar-refractivity contribution < 1.29 is 12.8 Å². The lowest BCUT2D eigenvalue weighted by Gasteiger charge is -2.34. The Morgan fingerprint density at radius 3 is 2.50 bits per heavy atom. The molecule has 3 aromatic rings. The summed E-state index contributed by atoms with van der Waals surface area (Å²) in [6.07, 6.45) is 3.03. The summed E-state index contributed by atoms with van der Waals surface area (Å²) < 4.78 is 39.6. The van der Waals surface area contributed by atoms with E-state index in [1.807, 2.05) is 35.2 Å². The Labute approximate surface area is 175 Å². The fourth-order valence-corrected chi connectivity index (χ4v) is 4.41. The molecule has 30 heavy (non-hydrogen) atoms. The van der Waals surface area contributed by atoms with Gasteiger partial charge in [-0.2, -0.15) is 4.31 Å². The van der Waals surface area contributed by atoms with Crippen LogP contribution in [-0.2, 0) is 10.0 Å². The molecule has 2 heterocycles. The van der Waals surface area contributed by atoms with E-state index in [9.17, 15) is 12.8 Å². The zero-order valence-corrected chi connectivity index (χ0v) is 17.0. The first kappa shape index (κ1) is 20.1. The van der Waals surface area contributed by atoms with Gasteiger partial charge in [0.2, 0.25) is 10.0 Å². The smallest absolute Gasteiger partial charge is 0.236 e. The van der Waals surface area contributed by atoms with E-state index in [1.54, 1.807) is 18.3 Å². The van der Waals surface area contributed by atoms with E-state index in [-0.39, 0.29) is 5.82 Å². The van der Waals surface area contributed by atoms with Gasteiger partial charge in [-0.15, -0.1) is 0 Å². The second-order valence-electron chi connectivity index (χ2n) is 6.90. The summed E-state index contributed by atoms with van der Waals surface area (Å²) in [4.78, 5) is 6.38. The Morgan fingerprint density at radius 2 is 1.73 bits per heavy atom. The number of sulfonamides is 1. The number of pyridine rings is 1. The summed E-state index contributed by atoms with van der Waals surface area (Å²) in [5.74, 6) is 5.42. The van der Waals surface area contributed by atoms with Crippen LogP contribution in [0.15, 0.2) is 72.3 Å². The van der Waals surface area contributed by atoms with Gasteiger partial charge in [-0.1, -0.05) is 30.0 Å². The lowest BCUT2D eigenvalue weighted by molar-refractivity contribution is 0.390. The van der Waals surface area contributed by atoms with Crippen molar-refractivity contribution in [2.24, 2.45) is 0 Å². The highest BCUT2D eigenvalue weighted by atomic mass is 32.2. The summed E-state index contributed by atoms with van der Waals surface area (Å²) in [6, 6.07) is 15.9. The minimum atomic E-state index is -3.54. The molecule has 4 rings (SSSR count). The van der Waals surface area contributed by atoms with Crippen molar-refractivity contribution in [1.82, 2.24) is 9.29 Å². The number of benzene rings is 2. The van der Waals surface area contributed by atoms with Crippen LogP contribution in [0.1, 0.15) is 5.56 Å². The van der Waals surface area contributed by atoms with Crippen LogP contribution in [-0.4, -0.2) is 43.9 Å². The molecular formula is C23H20FN3O2S. The number of nitrogens with zero attached hydrogens (tertiary/aromatic N) is 3. The van der Waals surface area contributed by atoms with Gasteiger partial charge in [-0.25, -0.2) is 12.8 Å². The van der Waals surface area contributed by atoms with Gasteiger partial charge in [0.05, 0.1) is 10.9 Å². The number of rotatable bonds is 3. The van der Waals surface area contributed by atoms with Gasteiger partial charge in [-0.05, 0) is 36.4 Å². The topological polar surface area (TPSA) is 53.5 Å². The minimum absolute atomic E-state index is 0.286. The Bertz CT molecular complexity index is 1240. The van der Waals surface area contributed by atoms with E-state index in [0.29, 0.717) is 26.2 Å². The zero-order valence-electron chi connectivity index (χ0n) is 16.2. The number of halogens is 1. The molecule has 0 N–H and O–H groups in total. The lowest BCUT2D eigenvalue weighted by Crippen LogP contribution is -2.48. The highest BCUT2D eigenvalue weighted by Crippen LogP contribution is 2.18. The maximum atomic E-state index is 13.1. The van der Waals surface area contributed by atoms with Gasteiger partial charge in [0, 0.05) is 55.1 Å². The number of hydrogen-bond acceptors (Lipinski definition) is 4. The second-order valence-corrected chi connectivity index (χ2v) is 8.71. The Hall–Kier alpha value is -3.21. The van der Waals surface area contributed by atoms with Crippen LogP contribution in [0, 0.1) is 17.7 Å². The molecule has 0 unspecified atom stereocenters. The number of piperazine rings is 1. The highest BCUT2D eigenvalue weighted by Gasteiger charge is 2.25. The Kier molecular flexibility index (Phi) is 5.79. The molecule has 0 spiro atoms. The molecule has 2 aromatic carbocycles. The van der Waals surface area contributed by atoms with Gasteiger partial charge < -0.3 is 4.90 Å². The van der Waals surface area contributed by atoms with Gasteiger partial charge in [0.15, 0.2) is 0 Å². The van der Waals surface area contributed by atoms with Crippen LogP contribution >= 0.6 is 0 Å². The molecule has 152 valence electrons. The first-order chi connectivity index (χ1) is 14.5. The van der Waals surface area contributed by atoms with E-state index in [1.165, 1.54) is 22.5 Å². The van der Waals surface area contributed by atoms with Crippen molar-refractivity contribution in [2.75, 3.05) is 31.1 Å². The average Bonchev–Trinajstić information content (AvgIpc) is 2.77. The van der Waals surface area contributed by atoms with Crippen molar-refractivity contribution in [3.05, 3.63) is 83.7 Å². The third kappa shape index (κ3) is 4.67. The minimum Gasteiger partial charge on any atom is -0.369 e. The fourth-order valence-electron chi connectivity index (χ4n) is 3.32. The van der Waals surface area contributed by atoms with E-state index in [4.69, 9.17) is 0 Å². The van der Waals surface area contributed by atoms with Gasteiger partial charge in [-0.3, -0.25) is 4.98 Å². The number of hydrogen-bond donors (Lipinski definition) is 0. The van der Waals surface area contributed by atoms with E-state index in [2.05, 4.69) is 16.8 Å². The first-order valence-corrected chi connectivity index (χ1v) is 11.1. The number of fused-ring (bicyclic) bond motifs is 1. The Morgan fingerprint density at radius 1 is 1.00 bits per heavy atom. The van der Waals surface area contributed by atoms with Crippen molar-refractivity contribution in [1.29, 1.82) is 0 Å². The van der Waals surface area contributed by atoms with E-state index >= 15 is 0 Å². The molecule has 5 nitrogen and oxygen atoms in total. The molecular weight excluding hydrogens is 401 g/mol. The molecule has 1 aliphatic rings. The number of para-hydroxylation sites is 1. The van der Waals surface area contributed by atoms with Crippen LogP contribution < -0.4 is 4.90 Å². The summed E-state index contributed by atoms with van der Waals surface area (Å²) >= 11 is 0. The molecule has 0 bridgehead atoms. The molecule has 0 saturated carbocycles. The second kappa shape index (κ2) is 8.66. The molecule has 1 fully saturated rings. The normalized spacial score (nSPS) is 15.3. The third-order valence-electron chi connectivity index (χ3n) is 4.92. The van der Waals surface area contributed by atoms with Crippen LogP contribution in [0.2, 0.25) is 0 Å².